The number of hydrogen-bond donors (Lipinski definition) is 1. The van der Waals surface area contributed by atoms with Crippen LogP contribution in [0.25, 0.3) is 11.3 Å². The van der Waals surface area contributed by atoms with Gasteiger partial charge in [-0.05, 0) is 19.1 Å². The second kappa shape index (κ2) is 7.13. The van der Waals surface area contributed by atoms with Gasteiger partial charge < -0.3 is 0 Å². The molecule has 0 fully saturated rings. The lowest BCUT2D eigenvalue weighted by Gasteiger charge is -2.00. The molecular formula is C17H13Cl2N3S. The van der Waals surface area contributed by atoms with Gasteiger partial charge in [-0.15, -0.1) is 11.3 Å². The van der Waals surface area contributed by atoms with Gasteiger partial charge in [0.1, 0.15) is 0 Å². The van der Waals surface area contributed by atoms with E-state index < -0.39 is 0 Å². The van der Waals surface area contributed by atoms with Crippen LogP contribution in [-0.2, 0) is 0 Å². The molecule has 3 aromatic rings. The molecule has 0 radical (unpaired) electrons. The van der Waals surface area contributed by atoms with Gasteiger partial charge in [0.15, 0.2) is 0 Å². The molecule has 0 aliphatic carbocycles. The van der Waals surface area contributed by atoms with Crippen LogP contribution in [0, 0.1) is 6.92 Å². The van der Waals surface area contributed by atoms with Crippen molar-refractivity contribution in [3.63, 3.8) is 0 Å². The van der Waals surface area contributed by atoms with Gasteiger partial charge in [0.25, 0.3) is 0 Å². The highest BCUT2D eigenvalue weighted by molar-refractivity contribution is 7.14. The lowest BCUT2D eigenvalue weighted by atomic mass is 10.1. The van der Waals surface area contributed by atoms with E-state index in [-0.39, 0.29) is 0 Å². The Morgan fingerprint density at radius 1 is 1.09 bits per heavy atom. The fraction of sp³-hybridized carbons (Fsp3) is 0.0588. The third-order valence-corrected chi connectivity index (χ3v) is 4.61. The molecule has 0 saturated heterocycles. The maximum atomic E-state index is 6.09. The van der Waals surface area contributed by atoms with Gasteiger partial charge in [0.2, 0.25) is 5.13 Å². The van der Waals surface area contributed by atoms with Crippen LogP contribution >= 0.6 is 34.5 Å². The SMILES string of the molecule is Cc1ccc(-c2csc(NN=Cc3c(Cl)cccc3Cl)n2)cc1. The number of anilines is 1. The molecule has 0 aliphatic rings. The van der Waals surface area contributed by atoms with E-state index in [9.17, 15) is 0 Å². The minimum atomic E-state index is 0.558. The summed E-state index contributed by atoms with van der Waals surface area (Å²) in [6.45, 7) is 2.06. The van der Waals surface area contributed by atoms with E-state index in [4.69, 9.17) is 23.2 Å². The topological polar surface area (TPSA) is 37.3 Å². The summed E-state index contributed by atoms with van der Waals surface area (Å²) in [6, 6.07) is 13.6. The molecule has 116 valence electrons. The Bertz CT molecular complexity index is 821. The van der Waals surface area contributed by atoms with E-state index >= 15 is 0 Å². The second-order valence-corrected chi connectivity index (χ2v) is 6.58. The van der Waals surface area contributed by atoms with Crippen LogP contribution in [0.4, 0.5) is 5.13 Å². The summed E-state index contributed by atoms with van der Waals surface area (Å²) in [5, 5.41) is 7.97. The third-order valence-electron chi connectivity index (χ3n) is 3.21. The molecule has 6 heteroatoms. The van der Waals surface area contributed by atoms with Crippen molar-refractivity contribution in [2.45, 2.75) is 6.92 Å². The largest absolute Gasteiger partial charge is 0.253 e. The lowest BCUT2D eigenvalue weighted by Crippen LogP contribution is -1.91. The number of hydrogen-bond acceptors (Lipinski definition) is 4. The Morgan fingerprint density at radius 2 is 1.78 bits per heavy atom. The standard InChI is InChI=1S/C17H13Cl2N3S/c1-11-5-7-12(8-6-11)16-10-23-17(21-16)22-20-9-13-14(18)3-2-4-15(13)19/h2-10H,1H3,(H,21,22). The van der Waals surface area contributed by atoms with Crippen LogP contribution in [0.2, 0.25) is 10.0 Å². The number of nitrogens with zero attached hydrogens (tertiary/aromatic N) is 2. The molecule has 1 aromatic heterocycles. The van der Waals surface area contributed by atoms with Crippen molar-refractivity contribution in [1.82, 2.24) is 4.98 Å². The van der Waals surface area contributed by atoms with Crippen molar-refractivity contribution in [2.24, 2.45) is 5.10 Å². The molecular weight excluding hydrogens is 349 g/mol. The summed E-state index contributed by atoms with van der Waals surface area (Å²) in [6.07, 6.45) is 1.59. The molecule has 1 N–H and O–H groups in total. The van der Waals surface area contributed by atoms with E-state index in [0.29, 0.717) is 20.7 Å². The van der Waals surface area contributed by atoms with Crippen molar-refractivity contribution >= 4 is 45.9 Å². The monoisotopic (exact) mass is 361 g/mol. The van der Waals surface area contributed by atoms with E-state index in [1.54, 1.807) is 24.4 Å². The van der Waals surface area contributed by atoms with Gasteiger partial charge in [-0.3, -0.25) is 5.43 Å². The molecule has 0 bridgehead atoms. The highest BCUT2D eigenvalue weighted by atomic mass is 35.5. The van der Waals surface area contributed by atoms with E-state index in [1.165, 1.54) is 16.9 Å². The number of rotatable bonds is 4. The molecule has 3 nitrogen and oxygen atoms in total. The first-order chi connectivity index (χ1) is 11.1. The third kappa shape index (κ3) is 3.91. The highest BCUT2D eigenvalue weighted by Gasteiger charge is 2.04. The molecule has 2 aromatic carbocycles. The Labute approximate surface area is 148 Å². The van der Waals surface area contributed by atoms with Gasteiger partial charge in [-0.25, -0.2) is 4.98 Å². The van der Waals surface area contributed by atoms with Crippen molar-refractivity contribution < 1.29 is 0 Å². The maximum absolute atomic E-state index is 6.09. The number of aryl methyl sites for hydroxylation is 1. The summed E-state index contributed by atoms with van der Waals surface area (Å²) >= 11 is 13.7. The first kappa shape index (κ1) is 16.0. The minimum absolute atomic E-state index is 0.558. The van der Waals surface area contributed by atoms with Gasteiger partial charge in [-0.1, -0.05) is 59.1 Å². The average Bonchev–Trinajstić information content (AvgIpc) is 3.00. The maximum Gasteiger partial charge on any atom is 0.203 e. The van der Waals surface area contributed by atoms with E-state index in [2.05, 4.69) is 46.7 Å². The molecule has 0 spiro atoms. The summed E-state index contributed by atoms with van der Waals surface area (Å²) in [5.74, 6) is 0. The van der Waals surface area contributed by atoms with Crippen LogP contribution in [0.15, 0.2) is 52.9 Å². The molecule has 0 saturated carbocycles. The molecule has 3 rings (SSSR count). The first-order valence-corrected chi connectivity index (χ1v) is 8.53. The Hall–Kier alpha value is -1.88. The molecule has 0 amide bonds. The molecule has 0 unspecified atom stereocenters. The zero-order valence-corrected chi connectivity index (χ0v) is 14.6. The molecule has 23 heavy (non-hydrogen) atoms. The van der Waals surface area contributed by atoms with Crippen LogP contribution < -0.4 is 5.43 Å². The summed E-state index contributed by atoms with van der Waals surface area (Å²) in [4.78, 5) is 4.51. The Morgan fingerprint density at radius 3 is 2.48 bits per heavy atom. The van der Waals surface area contributed by atoms with Crippen LogP contribution in [0.5, 0.6) is 0 Å². The fourth-order valence-corrected chi connectivity index (χ4v) is 3.13. The number of hydrazone groups is 1. The quantitative estimate of drug-likeness (QED) is 0.465. The molecule has 1 heterocycles. The van der Waals surface area contributed by atoms with Gasteiger partial charge in [0.05, 0.1) is 22.0 Å². The van der Waals surface area contributed by atoms with Crippen molar-refractivity contribution in [3.8, 4) is 11.3 Å². The predicted molar refractivity (Wildman–Crippen MR) is 100.0 cm³/mol. The van der Waals surface area contributed by atoms with Crippen molar-refractivity contribution in [1.29, 1.82) is 0 Å². The van der Waals surface area contributed by atoms with Crippen LogP contribution in [0.3, 0.4) is 0 Å². The van der Waals surface area contributed by atoms with E-state index in [1.807, 2.05) is 5.38 Å². The number of benzene rings is 2. The predicted octanol–water partition coefficient (Wildman–Crippen LogP) is 5.87. The van der Waals surface area contributed by atoms with Crippen molar-refractivity contribution in [3.05, 3.63) is 69.0 Å². The number of halogens is 2. The molecule has 0 atom stereocenters. The van der Waals surface area contributed by atoms with Crippen LogP contribution in [0.1, 0.15) is 11.1 Å². The summed E-state index contributed by atoms with van der Waals surface area (Å²) in [5.41, 5.74) is 6.81. The van der Waals surface area contributed by atoms with Gasteiger partial charge in [-0.2, -0.15) is 5.10 Å². The average molecular weight is 362 g/mol. The van der Waals surface area contributed by atoms with Crippen LogP contribution in [-0.4, -0.2) is 11.2 Å². The van der Waals surface area contributed by atoms with E-state index in [0.717, 1.165) is 11.3 Å². The zero-order chi connectivity index (χ0) is 16.2. The van der Waals surface area contributed by atoms with Gasteiger partial charge in [0, 0.05) is 16.5 Å². The Balaban J connectivity index is 1.72. The summed E-state index contributed by atoms with van der Waals surface area (Å²) < 4.78 is 0. The number of thiazole rings is 1. The summed E-state index contributed by atoms with van der Waals surface area (Å²) in [7, 11) is 0. The van der Waals surface area contributed by atoms with Crippen molar-refractivity contribution in [2.75, 3.05) is 5.43 Å². The number of nitrogens with one attached hydrogen (secondary N) is 1. The highest BCUT2D eigenvalue weighted by Crippen LogP contribution is 2.25. The zero-order valence-electron chi connectivity index (χ0n) is 12.3. The minimum Gasteiger partial charge on any atom is -0.253 e. The van der Waals surface area contributed by atoms with Gasteiger partial charge >= 0.3 is 0 Å². The Kier molecular flexibility index (Phi) is 4.96. The second-order valence-electron chi connectivity index (χ2n) is 4.91. The first-order valence-electron chi connectivity index (χ1n) is 6.89. The molecule has 0 aliphatic heterocycles. The fourth-order valence-electron chi connectivity index (χ4n) is 1.97. The lowest BCUT2D eigenvalue weighted by molar-refractivity contribution is 1.29. The smallest absolute Gasteiger partial charge is 0.203 e. The normalized spacial score (nSPS) is 11.1. The number of aromatic nitrogens is 1.